The zero-order valence-corrected chi connectivity index (χ0v) is 15.9. The quantitative estimate of drug-likeness (QED) is 0.674. The minimum atomic E-state index is 0.286. The van der Waals surface area contributed by atoms with Crippen LogP contribution in [-0.4, -0.2) is 28.9 Å². The zero-order valence-electron chi connectivity index (χ0n) is 14.4. The van der Waals surface area contributed by atoms with Crippen LogP contribution in [0.4, 0.5) is 0 Å². The number of nitrogens with zero attached hydrogens (tertiary/aromatic N) is 2. The van der Waals surface area contributed by atoms with Crippen LogP contribution in [0.2, 0.25) is 10.0 Å². The molecule has 4 heteroatoms. The standard InChI is InChI=1S/C21H24Cl2N2/c22-19-10-9-17(14-20(19)23)21-24(15-16-6-2-1-3-7-16)13-11-18-8-4-5-12-25(18)21/h1-3,6-7,9-10,14,18,21H,4-5,8,11-13,15H2. The Morgan fingerprint density at radius 3 is 2.52 bits per heavy atom. The van der Waals surface area contributed by atoms with E-state index in [4.69, 9.17) is 23.2 Å². The fourth-order valence-corrected chi connectivity index (χ4v) is 4.67. The van der Waals surface area contributed by atoms with Crippen molar-refractivity contribution in [1.29, 1.82) is 0 Å². The number of hydrogen-bond donors (Lipinski definition) is 0. The number of rotatable bonds is 3. The molecule has 0 N–H and O–H groups in total. The average molecular weight is 375 g/mol. The van der Waals surface area contributed by atoms with Gasteiger partial charge in [-0.1, -0.05) is 66.0 Å². The lowest BCUT2D eigenvalue weighted by Crippen LogP contribution is -2.54. The summed E-state index contributed by atoms with van der Waals surface area (Å²) in [5.41, 5.74) is 2.62. The predicted octanol–water partition coefficient (Wildman–Crippen LogP) is 5.75. The monoisotopic (exact) mass is 374 g/mol. The molecule has 0 spiro atoms. The summed E-state index contributed by atoms with van der Waals surface area (Å²) in [4.78, 5) is 5.28. The van der Waals surface area contributed by atoms with Crippen molar-refractivity contribution in [3.05, 3.63) is 69.7 Å². The van der Waals surface area contributed by atoms with Gasteiger partial charge in [0.1, 0.15) is 0 Å². The fraction of sp³-hybridized carbons (Fsp3) is 0.429. The van der Waals surface area contributed by atoms with Crippen LogP contribution in [-0.2, 0) is 6.54 Å². The molecule has 0 amide bonds. The summed E-state index contributed by atoms with van der Waals surface area (Å²) in [7, 11) is 0. The highest BCUT2D eigenvalue weighted by Gasteiger charge is 2.37. The molecule has 2 aliphatic rings. The van der Waals surface area contributed by atoms with Crippen LogP contribution in [0.25, 0.3) is 0 Å². The molecular weight excluding hydrogens is 351 g/mol. The molecule has 2 atom stereocenters. The zero-order chi connectivity index (χ0) is 17.2. The highest BCUT2D eigenvalue weighted by Crippen LogP contribution is 2.39. The summed E-state index contributed by atoms with van der Waals surface area (Å²) in [5, 5.41) is 1.28. The van der Waals surface area contributed by atoms with Crippen LogP contribution < -0.4 is 0 Å². The molecule has 2 saturated heterocycles. The first-order chi connectivity index (χ1) is 12.2. The summed E-state index contributed by atoms with van der Waals surface area (Å²) in [6, 6.07) is 17.6. The van der Waals surface area contributed by atoms with Crippen LogP contribution in [0.1, 0.15) is 43.0 Å². The predicted molar refractivity (Wildman–Crippen MR) is 105 cm³/mol. The van der Waals surface area contributed by atoms with E-state index in [-0.39, 0.29) is 6.17 Å². The third-order valence-corrected chi connectivity index (χ3v) is 6.29. The minimum absolute atomic E-state index is 0.286. The van der Waals surface area contributed by atoms with E-state index in [0.29, 0.717) is 16.1 Å². The second-order valence-electron chi connectivity index (χ2n) is 7.18. The van der Waals surface area contributed by atoms with Crippen molar-refractivity contribution in [2.45, 2.75) is 44.4 Å². The smallest absolute Gasteiger partial charge is 0.0892 e. The van der Waals surface area contributed by atoms with E-state index in [1.54, 1.807) is 0 Å². The summed E-state index contributed by atoms with van der Waals surface area (Å²) < 4.78 is 0. The van der Waals surface area contributed by atoms with Crippen LogP contribution in [0.15, 0.2) is 48.5 Å². The molecule has 0 bridgehead atoms. The minimum Gasteiger partial charge on any atom is -0.281 e. The molecule has 4 rings (SSSR count). The maximum absolute atomic E-state index is 6.35. The Hall–Kier alpha value is -1.06. The van der Waals surface area contributed by atoms with E-state index in [2.05, 4.69) is 52.3 Å². The van der Waals surface area contributed by atoms with Gasteiger partial charge in [-0.05, 0) is 42.5 Å². The second kappa shape index (κ2) is 7.67. The van der Waals surface area contributed by atoms with Gasteiger partial charge in [0.25, 0.3) is 0 Å². The summed E-state index contributed by atoms with van der Waals surface area (Å²) in [5.74, 6) is 0. The molecule has 0 aromatic heterocycles. The van der Waals surface area contributed by atoms with Gasteiger partial charge in [-0.3, -0.25) is 9.80 Å². The Morgan fingerprint density at radius 1 is 0.880 bits per heavy atom. The molecule has 0 radical (unpaired) electrons. The van der Waals surface area contributed by atoms with Crippen LogP contribution in [0.3, 0.4) is 0 Å². The summed E-state index contributed by atoms with van der Waals surface area (Å²) in [6.45, 7) is 3.26. The average Bonchev–Trinajstić information content (AvgIpc) is 2.65. The van der Waals surface area contributed by atoms with E-state index in [1.807, 2.05) is 6.07 Å². The van der Waals surface area contributed by atoms with Crippen LogP contribution >= 0.6 is 23.2 Å². The van der Waals surface area contributed by atoms with Crippen molar-refractivity contribution in [3.8, 4) is 0 Å². The Balaban J connectivity index is 1.67. The third kappa shape index (κ3) is 3.73. The lowest BCUT2D eigenvalue weighted by atomic mass is 9.93. The van der Waals surface area contributed by atoms with Crippen molar-refractivity contribution >= 4 is 23.2 Å². The molecule has 25 heavy (non-hydrogen) atoms. The van der Waals surface area contributed by atoms with E-state index in [0.717, 1.165) is 13.1 Å². The van der Waals surface area contributed by atoms with Crippen LogP contribution in [0.5, 0.6) is 0 Å². The van der Waals surface area contributed by atoms with Crippen molar-refractivity contribution < 1.29 is 0 Å². The Morgan fingerprint density at radius 2 is 1.72 bits per heavy atom. The van der Waals surface area contributed by atoms with E-state index < -0.39 is 0 Å². The number of hydrogen-bond acceptors (Lipinski definition) is 2. The van der Waals surface area contributed by atoms with Gasteiger partial charge in [-0.25, -0.2) is 0 Å². The summed E-state index contributed by atoms with van der Waals surface area (Å²) >= 11 is 12.5. The second-order valence-corrected chi connectivity index (χ2v) is 7.99. The molecule has 2 nitrogen and oxygen atoms in total. The largest absolute Gasteiger partial charge is 0.281 e. The third-order valence-electron chi connectivity index (χ3n) is 5.55. The lowest BCUT2D eigenvalue weighted by Gasteiger charge is -2.51. The van der Waals surface area contributed by atoms with Gasteiger partial charge in [0.2, 0.25) is 0 Å². The first-order valence-corrected chi connectivity index (χ1v) is 9.96. The van der Waals surface area contributed by atoms with Gasteiger partial charge < -0.3 is 0 Å². The van der Waals surface area contributed by atoms with Gasteiger partial charge in [0, 0.05) is 25.7 Å². The number of halogens is 2. The molecule has 0 saturated carbocycles. The van der Waals surface area contributed by atoms with Crippen molar-refractivity contribution in [2.24, 2.45) is 0 Å². The molecular formula is C21H24Cl2N2. The van der Waals surface area contributed by atoms with Gasteiger partial charge in [-0.2, -0.15) is 0 Å². The molecule has 132 valence electrons. The molecule has 0 aliphatic carbocycles. The molecule has 2 aliphatic heterocycles. The molecule has 2 aromatic rings. The highest BCUT2D eigenvalue weighted by molar-refractivity contribution is 6.42. The number of benzene rings is 2. The Bertz CT molecular complexity index is 719. The summed E-state index contributed by atoms with van der Waals surface area (Å²) in [6.07, 6.45) is 5.50. The van der Waals surface area contributed by atoms with Crippen LogP contribution in [0, 0.1) is 0 Å². The van der Waals surface area contributed by atoms with Gasteiger partial charge in [-0.15, -0.1) is 0 Å². The maximum atomic E-state index is 6.35. The number of piperidine rings is 1. The Labute approximate surface area is 160 Å². The highest BCUT2D eigenvalue weighted by atomic mass is 35.5. The first kappa shape index (κ1) is 17.4. The Kier molecular flexibility index (Phi) is 5.33. The molecule has 2 unspecified atom stereocenters. The van der Waals surface area contributed by atoms with Gasteiger partial charge in [0.15, 0.2) is 0 Å². The normalized spacial score (nSPS) is 24.9. The molecule has 2 fully saturated rings. The lowest BCUT2D eigenvalue weighted by molar-refractivity contribution is -0.0566. The topological polar surface area (TPSA) is 6.48 Å². The molecule has 2 heterocycles. The van der Waals surface area contributed by atoms with E-state index in [9.17, 15) is 0 Å². The SMILES string of the molecule is Clc1ccc(C2N(Cc3ccccc3)CCC3CCCCN32)cc1Cl. The van der Waals surface area contributed by atoms with Gasteiger partial charge >= 0.3 is 0 Å². The van der Waals surface area contributed by atoms with Crippen molar-refractivity contribution in [2.75, 3.05) is 13.1 Å². The van der Waals surface area contributed by atoms with E-state index >= 15 is 0 Å². The maximum Gasteiger partial charge on any atom is 0.0892 e. The fourth-order valence-electron chi connectivity index (χ4n) is 4.36. The number of fused-ring (bicyclic) bond motifs is 1. The molecule has 2 aromatic carbocycles. The van der Waals surface area contributed by atoms with Crippen molar-refractivity contribution in [1.82, 2.24) is 9.80 Å². The van der Waals surface area contributed by atoms with Crippen molar-refractivity contribution in [3.63, 3.8) is 0 Å². The van der Waals surface area contributed by atoms with Gasteiger partial charge in [0.05, 0.1) is 16.2 Å². The first-order valence-electron chi connectivity index (χ1n) is 9.21. The van der Waals surface area contributed by atoms with E-state index in [1.165, 1.54) is 43.4 Å².